The van der Waals surface area contributed by atoms with Gasteiger partial charge in [-0.3, -0.25) is 4.79 Å². The minimum absolute atomic E-state index is 0.0442. The average molecular weight is 272 g/mol. The lowest BCUT2D eigenvalue weighted by Gasteiger charge is -2.27. The Hall–Kier alpha value is -1.94. The number of allylic oxidation sites excluding steroid dienone is 1. The molecule has 0 saturated carbocycles. The highest BCUT2D eigenvalue weighted by Gasteiger charge is 2.23. The highest BCUT2D eigenvalue weighted by atomic mass is 32.1. The van der Waals surface area contributed by atoms with Gasteiger partial charge in [0.1, 0.15) is 0 Å². The van der Waals surface area contributed by atoms with E-state index in [1.807, 2.05) is 49.4 Å². The monoisotopic (exact) mass is 272 g/mol. The van der Waals surface area contributed by atoms with Crippen molar-refractivity contribution in [3.05, 3.63) is 53.2 Å². The van der Waals surface area contributed by atoms with Gasteiger partial charge in [-0.15, -0.1) is 0 Å². The molecule has 3 nitrogen and oxygen atoms in total. The summed E-state index contributed by atoms with van der Waals surface area (Å²) in [6, 6.07) is 9.78. The summed E-state index contributed by atoms with van der Waals surface area (Å²) in [6.07, 6.45) is 3.95. The Bertz CT molecular complexity index is 561. The van der Waals surface area contributed by atoms with E-state index in [0.717, 1.165) is 16.8 Å². The molecule has 0 bridgehead atoms. The summed E-state index contributed by atoms with van der Waals surface area (Å²) < 4.78 is 0. The molecular weight excluding hydrogens is 256 g/mol. The molecule has 19 heavy (non-hydrogen) atoms. The molecule has 4 heteroatoms. The molecule has 2 N–H and O–H groups in total. The smallest absolute Gasteiger partial charge is 0.171 e. The zero-order valence-corrected chi connectivity index (χ0v) is 11.8. The molecule has 1 atom stereocenters. The summed E-state index contributed by atoms with van der Waals surface area (Å²) in [6.45, 7) is 3.44. The van der Waals surface area contributed by atoms with Gasteiger partial charge in [-0.25, -0.2) is 0 Å². The van der Waals surface area contributed by atoms with Crippen molar-refractivity contribution in [1.29, 1.82) is 0 Å². The number of carbonyl (C=O) groups is 1. The van der Waals surface area contributed by atoms with Gasteiger partial charge in [-0.1, -0.05) is 42.5 Å². The summed E-state index contributed by atoms with van der Waals surface area (Å²) in [5, 5.41) is 6.63. The first-order chi connectivity index (χ1) is 9.08. The third-order valence-electron chi connectivity index (χ3n) is 2.96. The number of benzene rings is 1. The van der Waals surface area contributed by atoms with Crippen molar-refractivity contribution in [2.45, 2.75) is 19.9 Å². The van der Waals surface area contributed by atoms with Gasteiger partial charge in [0.25, 0.3) is 0 Å². The molecule has 1 aromatic carbocycles. The van der Waals surface area contributed by atoms with Crippen LogP contribution >= 0.6 is 12.2 Å². The number of hydrogen-bond donors (Lipinski definition) is 2. The van der Waals surface area contributed by atoms with Crippen LogP contribution in [-0.2, 0) is 4.79 Å². The molecule has 1 aliphatic heterocycles. The Kier molecular flexibility index (Phi) is 4.12. The van der Waals surface area contributed by atoms with Gasteiger partial charge in [0.05, 0.1) is 6.04 Å². The van der Waals surface area contributed by atoms with Crippen LogP contribution in [0.5, 0.6) is 0 Å². The quantitative estimate of drug-likeness (QED) is 0.829. The lowest BCUT2D eigenvalue weighted by molar-refractivity contribution is -0.113. The molecule has 0 amide bonds. The number of nitrogens with one attached hydrogen (secondary N) is 2. The summed E-state index contributed by atoms with van der Waals surface area (Å²) >= 11 is 5.13. The van der Waals surface area contributed by atoms with Crippen LogP contribution < -0.4 is 10.6 Å². The van der Waals surface area contributed by atoms with Crippen molar-refractivity contribution in [2.75, 3.05) is 0 Å². The zero-order valence-electron chi connectivity index (χ0n) is 10.9. The average Bonchev–Trinajstić information content (AvgIpc) is 2.36. The molecule has 0 saturated heterocycles. The lowest BCUT2D eigenvalue weighted by Crippen LogP contribution is -2.48. The minimum Gasteiger partial charge on any atom is -0.352 e. The fourth-order valence-corrected chi connectivity index (χ4v) is 2.40. The molecule has 0 fully saturated rings. The summed E-state index contributed by atoms with van der Waals surface area (Å²) in [4.78, 5) is 11.7. The van der Waals surface area contributed by atoms with Crippen LogP contribution in [0.3, 0.4) is 0 Å². The van der Waals surface area contributed by atoms with Crippen molar-refractivity contribution in [2.24, 2.45) is 0 Å². The number of Topliss-reactive ketones (excluding diaryl/α,β-unsaturated/α-hetero) is 1. The predicted octanol–water partition coefficient (Wildman–Crippen LogP) is 2.41. The number of hydrogen-bond acceptors (Lipinski definition) is 2. The summed E-state index contributed by atoms with van der Waals surface area (Å²) in [5.74, 6) is 0.0442. The molecule has 0 aromatic heterocycles. The molecule has 0 radical (unpaired) electrons. The first kappa shape index (κ1) is 13.5. The maximum atomic E-state index is 11.7. The summed E-state index contributed by atoms with van der Waals surface area (Å²) in [5.41, 5.74) is 2.63. The molecule has 1 aromatic rings. The standard InChI is InChI=1S/C15H16N2OS/c1-10-14(11(2)18)13(17-15(19)16-10)9-8-12-6-4-3-5-7-12/h3-9,13H,1-2H3,(H2,16,17,19). The number of carbonyl (C=O) groups excluding carboxylic acids is 1. The van der Waals surface area contributed by atoms with Crippen LogP contribution in [0.15, 0.2) is 47.7 Å². The van der Waals surface area contributed by atoms with Crippen LogP contribution in [0.4, 0.5) is 0 Å². The molecule has 0 spiro atoms. The van der Waals surface area contributed by atoms with E-state index in [2.05, 4.69) is 10.6 Å². The SMILES string of the molecule is CC(=O)C1=C(C)NC(=S)NC1C=Cc1ccccc1. The van der Waals surface area contributed by atoms with E-state index in [1.54, 1.807) is 6.92 Å². The topological polar surface area (TPSA) is 41.1 Å². The molecule has 1 heterocycles. The van der Waals surface area contributed by atoms with Crippen LogP contribution in [0.1, 0.15) is 19.4 Å². The van der Waals surface area contributed by atoms with Crippen LogP contribution in [-0.4, -0.2) is 16.9 Å². The van der Waals surface area contributed by atoms with E-state index < -0.39 is 0 Å². The Labute approximate surface area is 118 Å². The number of thiocarbonyl (C=S) groups is 1. The van der Waals surface area contributed by atoms with E-state index in [-0.39, 0.29) is 11.8 Å². The number of ketones is 1. The molecule has 1 aliphatic rings. The van der Waals surface area contributed by atoms with Gasteiger partial charge in [-0.05, 0) is 31.6 Å². The van der Waals surface area contributed by atoms with Crippen LogP contribution in [0.2, 0.25) is 0 Å². The normalized spacial score (nSPS) is 19.3. The molecule has 2 rings (SSSR count). The second-order valence-electron chi connectivity index (χ2n) is 4.44. The first-order valence-corrected chi connectivity index (χ1v) is 6.51. The van der Waals surface area contributed by atoms with Gasteiger partial charge in [0.15, 0.2) is 10.9 Å². The van der Waals surface area contributed by atoms with E-state index in [1.165, 1.54) is 0 Å². The van der Waals surface area contributed by atoms with Gasteiger partial charge < -0.3 is 10.6 Å². The van der Waals surface area contributed by atoms with E-state index >= 15 is 0 Å². The Morgan fingerprint density at radius 3 is 2.63 bits per heavy atom. The van der Waals surface area contributed by atoms with E-state index in [9.17, 15) is 4.79 Å². The highest BCUT2D eigenvalue weighted by molar-refractivity contribution is 7.80. The maximum absolute atomic E-state index is 11.7. The first-order valence-electron chi connectivity index (χ1n) is 6.10. The second kappa shape index (κ2) is 5.80. The Morgan fingerprint density at radius 1 is 1.32 bits per heavy atom. The number of rotatable bonds is 3. The van der Waals surface area contributed by atoms with Crippen molar-refractivity contribution in [1.82, 2.24) is 10.6 Å². The third-order valence-corrected chi connectivity index (χ3v) is 3.18. The van der Waals surface area contributed by atoms with Gasteiger partial charge in [0, 0.05) is 11.3 Å². The van der Waals surface area contributed by atoms with Crippen molar-refractivity contribution in [3.63, 3.8) is 0 Å². The van der Waals surface area contributed by atoms with E-state index in [4.69, 9.17) is 12.2 Å². The lowest BCUT2D eigenvalue weighted by atomic mass is 9.98. The van der Waals surface area contributed by atoms with Crippen molar-refractivity contribution >= 4 is 29.2 Å². The van der Waals surface area contributed by atoms with E-state index in [0.29, 0.717) is 5.11 Å². The van der Waals surface area contributed by atoms with Gasteiger partial charge in [0.2, 0.25) is 0 Å². The highest BCUT2D eigenvalue weighted by Crippen LogP contribution is 2.15. The van der Waals surface area contributed by atoms with Gasteiger partial charge in [-0.2, -0.15) is 0 Å². The molecule has 98 valence electrons. The maximum Gasteiger partial charge on any atom is 0.171 e. The van der Waals surface area contributed by atoms with Crippen LogP contribution in [0, 0.1) is 0 Å². The fraction of sp³-hybridized carbons (Fsp3) is 0.200. The predicted molar refractivity (Wildman–Crippen MR) is 81.5 cm³/mol. The zero-order chi connectivity index (χ0) is 13.8. The largest absolute Gasteiger partial charge is 0.352 e. The minimum atomic E-state index is -0.175. The van der Waals surface area contributed by atoms with Gasteiger partial charge >= 0.3 is 0 Å². The fourth-order valence-electron chi connectivity index (χ4n) is 2.12. The molecular formula is C15H16N2OS. The third kappa shape index (κ3) is 3.29. The van der Waals surface area contributed by atoms with Crippen LogP contribution in [0.25, 0.3) is 6.08 Å². The molecule has 1 unspecified atom stereocenters. The Balaban J connectivity index is 2.27. The second-order valence-corrected chi connectivity index (χ2v) is 4.85. The molecule has 0 aliphatic carbocycles. The van der Waals surface area contributed by atoms with Crippen molar-refractivity contribution < 1.29 is 4.79 Å². The Morgan fingerprint density at radius 2 is 2.00 bits per heavy atom. The van der Waals surface area contributed by atoms with Crippen molar-refractivity contribution in [3.8, 4) is 0 Å². The summed E-state index contributed by atoms with van der Waals surface area (Å²) in [7, 11) is 0.